The predicted octanol–water partition coefficient (Wildman–Crippen LogP) is 1.80. The number of hydrogen-bond donors (Lipinski definition) is 1. The number of aliphatic hydroxyl groups excluding tert-OH is 1. The van der Waals surface area contributed by atoms with E-state index in [4.69, 9.17) is 0 Å². The summed E-state index contributed by atoms with van der Waals surface area (Å²) in [5.74, 6) is 0.162. The maximum absolute atomic E-state index is 10.9. The molecule has 0 spiro atoms. The van der Waals surface area contributed by atoms with Gasteiger partial charge < -0.3 is 5.11 Å². The summed E-state index contributed by atoms with van der Waals surface area (Å²) < 4.78 is 21.8. The second-order valence-electron chi connectivity index (χ2n) is 4.45. The molecule has 0 aromatic heterocycles. The third kappa shape index (κ3) is 7.13. The summed E-state index contributed by atoms with van der Waals surface area (Å²) in [6.45, 7) is 0. The van der Waals surface area contributed by atoms with Gasteiger partial charge in [-0.05, 0) is 31.2 Å². The standard InChI is InChI=1S/C13H20O3S/c1-17(15,16)11-5-8-13(14)10-9-12-6-3-2-4-7-12/h2-4,6-7,13-14H,5,8-11H2,1H3. The van der Waals surface area contributed by atoms with E-state index < -0.39 is 15.9 Å². The highest BCUT2D eigenvalue weighted by Gasteiger charge is 2.07. The molecule has 0 amide bonds. The normalized spacial score (nSPS) is 13.5. The minimum Gasteiger partial charge on any atom is -0.393 e. The maximum Gasteiger partial charge on any atom is 0.147 e. The van der Waals surface area contributed by atoms with Crippen LogP contribution in [0.4, 0.5) is 0 Å². The van der Waals surface area contributed by atoms with E-state index in [1.165, 1.54) is 11.8 Å². The quantitative estimate of drug-likeness (QED) is 0.809. The summed E-state index contributed by atoms with van der Waals surface area (Å²) in [4.78, 5) is 0. The van der Waals surface area contributed by atoms with Crippen molar-refractivity contribution < 1.29 is 13.5 Å². The maximum atomic E-state index is 10.9. The van der Waals surface area contributed by atoms with Crippen molar-refractivity contribution in [3.05, 3.63) is 35.9 Å². The molecule has 0 aliphatic rings. The number of rotatable bonds is 7. The van der Waals surface area contributed by atoms with Crippen LogP contribution in [0.25, 0.3) is 0 Å². The van der Waals surface area contributed by atoms with Gasteiger partial charge in [-0.25, -0.2) is 8.42 Å². The zero-order valence-corrected chi connectivity index (χ0v) is 11.0. The SMILES string of the molecule is CS(=O)(=O)CCCC(O)CCc1ccccc1. The zero-order chi connectivity index (χ0) is 12.7. The second-order valence-corrected chi connectivity index (χ2v) is 6.71. The van der Waals surface area contributed by atoms with E-state index in [1.54, 1.807) is 0 Å². The van der Waals surface area contributed by atoms with Gasteiger partial charge in [0.25, 0.3) is 0 Å². The van der Waals surface area contributed by atoms with Crippen LogP contribution >= 0.6 is 0 Å². The van der Waals surface area contributed by atoms with Crippen molar-refractivity contribution in [1.82, 2.24) is 0 Å². The number of hydrogen-bond acceptors (Lipinski definition) is 3. The molecule has 0 fully saturated rings. The Balaban J connectivity index is 2.20. The van der Waals surface area contributed by atoms with Gasteiger partial charge in [0.2, 0.25) is 0 Å². The molecule has 0 saturated heterocycles. The lowest BCUT2D eigenvalue weighted by atomic mass is 10.0. The van der Waals surface area contributed by atoms with Gasteiger partial charge in [-0.3, -0.25) is 0 Å². The Bertz CT molecular complexity index is 412. The first-order chi connectivity index (χ1) is 7.97. The highest BCUT2D eigenvalue weighted by Crippen LogP contribution is 2.09. The van der Waals surface area contributed by atoms with Gasteiger partial charge in [0, 0.05) is 12.0 Å². The van der Waals surface area contributed by atoms with E-state index in [-0.39, 0.29) is 5.75 Å². The van der Waals surface area contributed by atoms with Gasteiger partial charge in [-0.15, -0.1) is 0 Å². The zero-order valence-electron chi connectivity index (χ0n) is 10.2. The Morgan fingerprint density at radius 2 is 1.82 bits per heavy atom. The van der Waals surface area contributed by atoms with Crippen LogP contribution in [0.2, 0.25) is 0 Å². The fourth-order valence-corrected chi connectivity index (χ4v) is 2.39. The molecule has 0 radical (unpaired) electrons. The molecule has 17 heavy (non-hydrogen) atoms. The number of aryl methyl sites for hydroxylation is 1. The molecule has 1 atom stereocenters. The number of aliphatic hydroxyl groups is 1. The van der Waals surface area contributed by atoms with E-state index in [0.29, 0.717) is 19.3 Å². The van der Waals surface area contributed by atoms with Gasteiger partial charge in [0.15, 0.2) is 0 Å². The average molecular weight is 256 g/mol. The fraction of sp³-hybridized carbons (Fsp3) is 0.538. The van der Waals surface area contributed by atoms with Crippen LogP contribution in [0.3, 0.4) is 0 Å². The van der Waals surface area contributed by atoms with Crippen LogP contribution in [-0.4, -0.2) is 31.6 Å². The molecular weight excluding hydrogens is 236 g/mol. The van der Waals surface area contributed by atoms with Crippen molar-refractivity contribution in [2.45, 2.75) is 31.8 Å². The smallest absolute Gasteiger partial charge is 0.147 e. The van der Waals surface area contributed by atoms with Crippen LogP contribution in [0.15, 0.2) is 30.3 Å². The largest absolute Gasteiger partial charge is 0.393 e. The first-order valence-electron chi connectivity index (χ1n) is 5.87. The minimum atomic E-state index is -2.90. The van der Waals surface area contributed by atoms with Crippen molar-refractivity contribution >= 4 is 9.84 Å². The summed E-state index contributed by atoms with van der Waals surface area (Å²) in [7, 11) is -2.90. The molecule has 0 aliphatic heterocycles. The molecule has 3 nitrogen and oxygen atoms in total. The van der Waals surface area contributed by atoms with Crippen molar-refractivity contribution in [2.24, 2.45) is 0 Å². The van der Waals surface area contributed by atoms with Crippen LogP contribution in [0.5, 0.6) is 0 Å². The number of sulfone groups is 1. The Morgan fingerprint density at radius 1 is 1.18 bits per heavy atom. The molecule has 1 aromatic rings. The lowest BCUT2D eigenvalue weighted by Crippen LogP contribution is -2.11. The van der Waals surface area contributed by atoms with Gasteiger partial charge in [-0.2, -0.15) is 0 Å². The molecule has 1 aromatic carbocycles. The van der Waals surface area contributed by atoms with E-state index in [2.05, 4.69) is 0 Å². The van der Waals surface area contributed by atoms with Gasteiger partial charge >= 0.3 is 0 Å². The molecule has 1 rings (SSSR count). The number of benzene rings is 1. The second kappa shape index (κ2) is 6.77. The van der Waals surface area contributed by atoms with Crippen LogP contribution in [-0.2, 0) is 16.3 Å². The fourth-order valence-electron chi connectivity index (χ4n) is 1.70. The molecule has 96 valence electrons. The molecule has 0 aliphatic carbocycles. The van der Waals surface area contributed by atoms with Gasteiger partial charge in [-0.1, -0.05) is 30.3 Å². The van der Waals surface area contributed by atoms with Crippen molar-refractivity contribution in [3.8, 4) is 0 Å². The Hall–Kier alpha value is -0.870. The molecule has 0 bridgehead atoms. The summed E-state index contributed by atoms with van der Waals surface area (Å²) in [5, 5.41) is 9.71. The first kappa shape index (κ1) is 14.2. The summed E-state index contributed by atoms with van der Waals surface area (Å²) >= 11 is 0. The van der Waals surface area contributed by atoms with Crippen LogP contribution in [0, 0.1) is 0 Å². The van der Waals surface area contributed by atoms with Gasteiger partial charge in [0.05, 0.1) is 6.10 Å². The Labute approximate surface area is 103 Å². The summed E-state index contributed by atoms with van der Waals surface area (Å²) in [5.41, 5.74) is 1.20. The Kier molecular flexibility index (Phi) is 5.65. The molecular formula is C13H20O3S. The van der Waals surface area contributed by atoms with Gasteiger partial charge in [0.1, 0.15) is 9.84 Å². The molecule has 1 unspecified atom stereocenters. The van der Waals surface area contributed by atoms with Crippen molar-refractivity contribution in [3.63, 3.8) is 0 Å². The third-order valence-electron chi connectivity index (χ3n) is 2.66. The van der Waals surface area contributed by atoms with Crippen LogP contribution < -0.4 is 0 Å². The average Bonchev–Trinajstić information content (AvgIpc) is 2.26. The molecule has 1 N–H and O–H groups in total. The first-order valence-corrected chi connectivity index (χ1v) is 7.93. The molecule has 0 heterocycles. The van der Waals surface area contributed by atoms with E-state index in [1.807, 2.05) is 30.3 Å². The lowest BCUT2D eigenvalue weighted by Gasteiger charge is -2.09. The van der Waals surface area contributed by atoms with E-state index in [9.17, 15) is 13.5 Å². The highest BCUT2D eigenvalue weighted by atomic mass is 32.2. The van der Waals surface area contributed by atoms with Crippen LogP contribution in [0.1, 0.15) is 24.8 Å². The monoisotopic (exact) mass is 256 g/mol. The Morgan fingerprint density at radius 3 is 2.41 bits per heavy atom. The molecule has 0 saturated carbocycles. The van der Waals surface area contributed by atoms with Crippen molar-refractivity contribution in [2.75, 3.05) is 12.0 Å². The summed E-state index contributed by atoms with van der Waals surface area (Å²) in [6.07, 6.45) is 3.43. The minimum absolute atomic E-state index is 0.162. The molecule has 4 heteroatoms. The van der Waals surface area contributed by atoms with E-state index >= 15 is 0 Å². The predicted molar refractivity (Wildman–Crippen MR) is 69.7 cm³/mol. The topological polar surface area (TPSA) is 54.4 Å². The third-order valence-corrected chi connectivity index (χ3v) is 3.69. The van der Waals surface area contributed by atoms with Crippen molar-refractivity contribution in [1.29, 1.82) is 0 Å². The summed E-state index contributed by atoms with van der Waals surface area (Å²) in [6, 6.07) is 9.98. The lowest BCUT2D eigenvalue weighted by molar-refractivity contribution is 0.154. The highest BCUT2D eigenvalue weighted by molar-refractivity contribution is 7.90. The van der Waals surface area contributed by atoms with E-state index in [0.717, 1.165) is 6.42 Å².